The van der Waals surface area contributed by atoms with E-state index in [0.29, 0.717) is 6.10 Å². The molecule has 0 bridgehead atoms. The van der Waals surface area contributed by atoms with Crippen LogP contribution in [0.15, 0.2) is 18.7 Å². The molecule has 1 saturated heterocycles. The zero-order valence-electron chi connectivity index (χ0n) is 11.5. The molecule has 3 rings (SSSR count). The van der Waals surface area contributed by atoms with Crippen molar-refractivity contribution in [3.63, 3.8) is 0 Å². The monoisotopic (exact) mass is 276 g/mol. The molecule has 2 N–H and O–H groups in total. The van der Waals surface area contributed by atoms with Gasteiger partial charge in [-0.2, -0.15) is 0 Å². The van der Waals surface area contributed by atoms with Gasteiger partial charge in [0.05, 0.1) is 6.10 Å². The summed E-state index contributed by atoms with van der Waals surface area (Å²) >= 11 is 0. The Morgan fingerprint density at radius 3 is 3.20 bits per heavy atom. The SMILES string of the molecule is c1cn2cnnc2c(NCCCOC2CCNCC2)n1. The summed E-state index contributed by atoms with van der Waals surface area (Å²) in [6.45, 7) is 3.75. The van der Waals surface area contributed by atoms with E-state index in [1.54, 1.807) is 12.5 Å². The van der Waals surface area contributed by atoms with Gasteiger partial charge in [0, 0.05) is 25.5 Å². The maximum atomic E-state index is 5.86. The summed E-state index contributed by atoms with van der Waals surface area (Å²) < 4.78 is 7.71. The lowest BCUT2D eigenvalue weighted by Crippen LogP contribution is -2.32. The van der Waals surface area contributed by atoms with Crippen LogP contribution in [0.3, 0.4) is 0 Å². The van der Waals surface area contributed by atoms with Crippen LogP contribution < -0.4 is 10.6 Å². The fraction of sp³-hybridized carbons (Fsp3) is 0.615. The van der Waals surface area contributed by atoms with Crippen LogP contribution in [0.4, 0.5) is 5.82 Å². The molecule has 1 aliphatic rings. The quantitative estimate of drug-likeness (QED) is 0.756. The summed E-state index contributed by atoms with van der Waals surface area (Å²) in [5.74, 6) is 0.770. The van der Waals surface area contributed by atoms with Crippen molar-refractivity contribution in [3.05, 3.63) is 18.7 Å². The van der Waals surface area contributed by atoms with E-state index in [2.05, 4.69) is 25.8 Å². The summed E-state index contributed by atoms with van der Waals surface area (Å²) in [6.07, 6.45) is 8.87. The van der Waals surface area contributed by atoms with Crippen molar-refractivity contribution in [2.75, 3.05) is 31.6 Å². The van der Waals surface area contributed by atoms with Gasteiger partial charge in [-0.1, -0.05) is 0 Å². The van der Waals surface area contributed by atoms with Crippen LogP contribution in [-0.2, 0) is 4.74 Å². The average Bonchev–Trinajstić information content (AvgIpc) is 2.97. The number of anilines is 1. The highest BCUT2D eigenvalue weighted by Gasteiger charge is 2.12. The van der Waals surface area contributed by atoms with Crippen molar-refractivity contribution >= 4 is 11.5 Å². The predicted molar refractivity (Wildman–Crippen MR) is 75.7 cm³/mol. The molecule has 0 aromatic carbocycles. The van der Waals surface area contributed by atoms with Gasteiger partial charge in [0.2, 0.25) is 5.65 Å². The molecule has 0 saturated carbocycles. The van der Waals surface area contributed by atoms with Gasteiger partial charge in [-0.25, -0.2) is 4.98 Å². The first kappa shape index (κ1) is 13.3. The number of fused-ring (bicyclic) bond motifs is 1. The number of aromatic nitrogens is 4. The molecular weight excluding hydrogens is 256 g/mol. The van der Waals surface area contributed by atoms with E-state index in [1.165, 1.54) is 0 Å². The molecule has 108 valence electrons. The smallest absolute Gasteiger partial charge is 0.203 e. The van der Waals surface area contributed by atoms with E-state index in [4.69, 9.17) is 4.74 Å². The summed E-state index contributed by atoms with van der Waals surface area (Å²) in [4.78, 5) is 4.28. The second kappa shape index (κ2) is 6.62. The summed E-state index contributed by atoms with van der Waals surface area (Å²) in [5.41, 5.74) is 0.756. The third-order valence-electron chi connectivity index (χ3n) is 3.47. The molecule has 0 aliphatic carbocycles. The summed E-state index contributed by atoms with van der Waals surface area (Å²) in [6, 6.07) is 0. The van der Waals surface area contributed by atoms with Gasteiger partial charge >= 0.3 is 0 Å². The van der Waals surface area contributed by atoms with Crippen LogP contribution in [0, 0.1) is 0 Å². The van der Waals surface area contributed by atoms with Crippen molar-refractivity contribution < 1.29 is 4.74 Å². The van der Waals surface area contributed by atoms with E-state index in [-0.39, 0.29) is 0 Å². The Morgan fingerprint density at radius 2 is 2.30 bits per heavy atom. The zero-order valence-corrected chi connectivity index (χ0v) is 11.5. The maximum absolute atomic E-state index is 5.86. The van der Waals surface area contributed by atoms with Crippen LogP contribution in [-0.4, -0.2) is 51.9 Å². The molecule has 7 nitrogen and oxygen atoms in total. The minimum absolute atomic E-state index is 0.425. The van der Waals surface area contributed by atoms with Crippen LogP contribution in [0.1, 0.15) is 19.3 Å². The van der Waals surface area contributed by atoms with E-state index >= 15 is 0 Å². The van der Waals surface area contributed by atoms with Crippen molar-refractivity contribution in [2.45, 2.75) is 25.4 Å². The van der Waals surface area contributed by atoms with Gasteiger partial charge < -0.3 is 15.4 Å². The number of hydrogen-bond acceptors (Lipinski definition) is 6. The standard InChI is InChI=1S/C13H20N6O/c1(9-20-11-2-5-14-6-3-11)4-15-12-13-18-17-10-19(13)8-7-16-12/h7-8,10-11,14H,1-6,9H2,(H,15,16). The number of hydrogen-bond donors (Lipinski definition) is 2. The van der Waals surface area contributed by atoms with E-state index in [1.807, 2.05) is 10.6 Å². The molecule has 0 atom stereocenters. The van der Waals surface area contributed by atoms with E-state index < -0.39 is 0 Å². The molecule has 0 amide bonds. The molecule has 20 heavy (non-hydrogen) atoms. The molecule has 2 aromatic heterocycles. The van der Waals surface area contributed by atoms with E-state index in [0.717, 1.165) is 57.0 Å². The van der Waals surface area contributed by atoms with E-state index in [9.17, 15) is 0 Å². The fourth-order valence-electron chi connectivity index (χ4n) is 2.37. The fourth-order valence-corrected chi connectivity index (χ4v) is 2.37. The predicted octanol–water partition coefficient (Wildman–Crippen LogP) is 0.695. The average molecular weight is 276 g/mol. The highest BCUT2D eigenvalue weighted by atomic mass is 16.5. The molecular formula is C13H20N6O. The van der Waals surface area contributed by atoms with Crippen LogP contribution in [0.5, 0.6) is 0 Å². The van der Waals surface area contributed by atoms with Crippen molar-refractivity contribution in [1.29, 1.82) is 0 Å². The minimum atomic E-state index is 0.425. The third-order valence-corrected chi connectivity index (χ3v) is 3.47. The first-order valence-electron chi connectivity index (χ1n) is 7.14. The van der Waals surface area contributed by atoms with Gasteiger partial charge in [-0.05, 0) is 32.4 Å². The summed E-state index contributed by atoms with van der Waals surface area (Å²) in [5, 5.41) is 14.5. The lowest BCUT2D eigenvalue weighted by Gasteiger charge is -2.22. The molecule has 0 spiro atoms. The van der Waals surface area contributed by atoms with Gasteiger partial charge in [-0.15, -0.1) is 10.2 Å². The second-order valence-electron chi connectivity index (χ2n) is 4.94. The van der Waals surface area contributed by atoms with Crippen LogP contribution >= 0.6 is 0 Å². The molecule has 7 heteroatoms. The number of nitrogens with zero attached hydrogens (tertiary/aromatic N) is 4. The molecule has 1 aliphatic heterocycles. The Hall–Kier alpha value is -1.73. The highest BCUT2D eigenvalue weighted by Crippen LogP contribution is 2.10. The Bertz CT molecular complexity index is 536. The minimum Gasteiger partial charge on any atom is -0.378 e. The zero-order chi connectivity index (χ0) is 13.6. The topological polar surface area (TPSA) is 76.4 Å². The first-order chi connectivity index (χ1) is 9.93. The van der Waals surface area contributed by atoms with Crippen molar-refractivity contribution in [1.82, 2.24) is 24.9 Å². The molecule has 3 heterocycles. The van der Waals surface area contributed by atoms with Crippen LogP contribution in [0.25, 0.3) is 5.65 Å². The Kier molecular flexibility index (Phi) is 4.39. The lowest BCUT2D eigenvalue weighted by molar-refractivity contribution is 0.0329. The number of ether oxygens (including phenoxy) is 1. The van der Waals surface area contributed by atoms with Crippen LogP contribution in [0.2, 0.25) is 0 Å². The number of nitrogens with one attached hydrogen (secondary N) is 2. The highest BCUT2D eigenvalue weighted by molar-refractivity contribution is 5.61. The Balaban J connectivity index is 1.40. The van der Waals surface area contributed by atoms with Gasteiger partial charge in [0.25, 0.3) is 0 Å². The Labute approximate surface area is 117 Å². The summed E-state index contributed by atoms with van der Waals surface area (Å²) in [7, 11) is 0. The Morgan fingerprint density at radius 1 is 1.40 bits per heavy atom. The lowest BCUT2D eigenvalue weighted by atomic mass is 10.1. The third kappa shape index (κ3) is 3.23. The number of rotatable bonds is 6. The van der Waals surface area contributed by atoms with Crippen molar-refractivity contribution in [2.24, 2.45) is 0 Å². The van der Waals surface area contributed by atoms with Gasteiger partial charge in [0.1, 0.15) is 6.33 Å². The second-order valence-corrected chi connectivity index (χ2v) is 4.94. The maximum Gasteiger partial charge on any atom is 0.203 e. The molecule has 1 fully saturated rings. The normalized spacial score (nSPS) is 16.6. The first-order valence-corrected chi connectivity index (χ1v) is 7.14. The molecule has 2 aromatic rings. The molecule has 0 radical (unpaired) electrons. The number of piperidine rings is 1. The van der Waals surface area contributed by atoms with Crippen molar-refractivity contribution in [3.8, 4) is 0 Å². The van der Waals surface area contributed by atoms with Gasteiger partial charge in [0.15, 0.2) is 5.82 Å². The molecule has 0 unspecified atom stereocenters. The van der Waals surface area contributed by atoms with Gasteiger partial charge in [-0.3, -0.25) is 4.40 Å². The largest absolute Gasteiger partial charge is 0.378 e.